The Kier molecular flexibility index (Phi) is 4.93. The highest BCUT2D eigenvalue weighted by Gasteiger charge is 2.20. The molecular weight excluding hydrogens is 242 g/mol. The van der Waals surface area contributed by atoms with Crippen LogP contribution in [0.5, 0.6) is 0 Å². The Balaban J connectivity index is 1.88. The van der Waals surface area contributed by atoms with E-state index < -0.39 is 0 Å². The molecule has 0 unspecified atom stereocenters. The molecule has 2 N–H and O–H groups in total. The van der Waals surface area contributed by atoms with Crippen molar-refractivity contribution >= 4 is 11.7 Å². The standard InChI is InChI=1S/C13H23N5O/c1-3-7-18-12(4-5-15-18)16-13(19)10-17-8-6-14-9-11(17)2/h4-5,11,14H,3,6-10H2,1-2H3,(H,16,19)/t11-/m1/s1. The molecule has 2 heterocycles. The molecule has 106 valence electrons. The topological polar surface area (TPSA) is 62.2 Å². The lowest BCUT2D eigenvalue weighted by atomic mass is 10.2. The maximum absolute atomic E-state index is 12.1. The van der Waals surface area contributed by atoms with Crippen LogP contribution in [0.1, 0.15) is 20.3 Å². The van der Waals surface area contributed by atoms with Crippen molar-refractivity contribution in [2.75, 3.05) is 31.5 Å². The Labute approximate surface area is 114 Å². The smallest absolute Gasteiger partial charge is 0.239 e. The zero-order chi connectivity index (χ0) is 13.7. The van der Waals surface area contributed by atoms with E-state index in [0.29, 0.717) is 12.6 Å². The molecule has 6 nitrogen and oxygen atoms in total. The van der Waals surface area contributed by atoms with Crippen LogP contribution in [-0.4, -0.2) is 52.8 Å². The number of carbonyl (C=O) groups excluding carboxylic acids is 1. The average molecular weight is 265 g/mol. The van der Waals surface area contributed by atoms with Gasteiger partial charge in [0.15, 0.2) is 0 Å². The molecular formula is C13H23N5O. The van der Waals surface area contributed by atoms with Crippen LogP contribution in [-0.2, 0) is 11.3 Å². The Bertz CT molecular complexity index is 417. The number of nitrogens with one attached hydrogen (secondary N) is 2. The van der Waals surface area contributed by atoms with E-state index >= 15 is 0 Å². The van der Waals surface area contributed by atoms with E-state index in [2.05, 4.69) is 34.5 Å². The highest BCUT2D eigenvalue weighted by Crippen LogP contribution is 2.08. The van der Waals surface area contributed by atoms with E-state index in [0.717, 1.165) is 38.4 Å². The molecule has 0 saturated carbocycles. The van der Waals surface area contributed by atoms with Crippen molar-refractivity contribution in [2.24, 2.45) is 0 Å². The van der Waals surface area contributed by atoms with Crippen LogP contribution in [0.2, 0.25) is 0 Å². The fourth-order valence-corrected chi connectivity index (χ4v) is 2.31. The number of nitrogens with zero attached hydrogens (tertiary/aromatic N) is 3. The van der Waals surface area contributed by atoms with Gasteiger partial charge in [0.1, 0.15) is 5.82 Å². The molecule has 1 aromatic heterocycles. The summed E-state index contributed by atoms with van der Waals surface area (Å²) in [5, 5.41) is 10.5. The Morgan fingerprint density at radius 3 is 3.21 bits per heavy atom. The van der Waals surface area contributed by atoms with Gasteiger partial charge in [-0.2, -0.15) is 5.10 Å². The summed E-state index contributed by atoms with van der Waals surface area (Å²) < 4.78 is 1.83. The number of hydrogen-bond acceptors (Lipinski definition) is 4. The second-order valence-electron chi connectivity index (χ2n) is 5.01. The van der Waals surface area contributed by atoms with Gasteiger partial charge in [-0.1, -0.05) is 6.92 Å². The summed E-state index contributed by atoms with van der Waals surface area (Å²) >= 11 is 0. The Morgan fingerprint density at radius 1 is 1.63 bits per heavy atom. The van der Waals surface area contributed by atoms with E-state index in [1.807, 2.05) is 10.7 Å². The maximum atomic E-state index is 12.1. The SMILES string of the molecule is CCCn1nccc1NC(=O)CN1CCNC[C@H]1C. The lowest BCUT2D eigenvalue weighted by Gasteiger charge is -2.33. The monoisotopic (exact) mass is 265 g/mol. The van der Waals surface area contributed by atoms with Crippen LogP contribution in [0, 0.1) is 0 Å². The molecule has 2 rings (SSSR count). The van der Waals surface area contributed by atoms with Gasteiger partial charge in [0.25, 0.3) is 0 Å². The van der Waals surface area contributed by atoms with Crippen molar-refractivity contribution in [3.8, 4) is 0 Å². The maximum Gasteiger partial charge on any atom is 0.239 e. The van der Waals surface area contributed by atoms with Gasteiger partial charge in [-0.15, -0.1) is 0 Å². The van der Waals surface area contributed by atoms with E-state index in [9.17, 15) is 4.79 Å². The molecule has 1 atom stereocenters. The van der Waals surface area contributed by atoms with Gasteiger partial charge >= 0.3 is 0 Å². The molecule has 1 saturated heterocycles. The fourth-order valence-electron chi connectivity index (χ4n) is 2.31. The second kappa shape index (κ2) is 6.68. The van der Waals surface area contributed by atoms with Gasteiger partial charge in [-0.05, 0) is 13.3 Å². The van der Waals surface area contributed by atoms with Gasteiger partial charge in [0.05, 0.1) is 12.7 Å². The second-order valence-corrected chi connectivity index (χ2v) is 5.01. The number of anilines is 1. The summed E-state index contributed by atoms with van der Waals surface area (Å²) in [6.45, 7) is 8.32. The minimum atomic E-state index is 0.0339. The lowest BCUT2D eigenvalue weighted by molar-refractivity contribution is -0.118. The van der Waals surface area contributed by atoms with Crippen molar-refractivity contribution in [3.05, 3.63) is 12.3 Å². The lowest BCUT2D eigenvalue weighted by Crippen LogP contribution is -2.52. The van der Waals surface area contributed by atoms with Gasteiger partial charge in [-0.3, -0.25) is 9.69 Å². The van der Waals surface area contributed by atoms with Crippen LogP contribution in [0.25, 0.3) is 0 Å². The fraction of sp³-hybridized carbons (Fsp3) is 0.692. The minimum Gasteiger partial charge on any atom is -0.314 e. The van der Waals surface area contributed by atoms with Gasteiger partial charge < -0.3 is 10.6 Å². The quantitative estimate of drug-likeness (QED) is 0.815. The third-order valence-corrected chi connectivity index (χ3v) is 3.41. The van der Waals surface area contributed by atoms with Crippen molar-refractivity contribution in [2.45, 2.75) is 32.9 Å². The molecule has 1 aromatic rings. The highest BCUT2D eigenvalue weighted by atomic mass is 16.2. The molecule has 6 heteroatoms. The Hall–Kier alpha value is -1.40. The zero-order valence-electron chi connectivity index (χ0n) is 11.7. The molecule has 19 heavy (non-hydrogen) atoms. The Morgan fingerprint density at radius 2 is 2.47 bits per heavy atom. The van der Waals surface area contributed by atoms with Crippen LogP contribution in [0.15, 0.2) is 12.3 Å². The molecule has 1 fully saturated rings. The van der Waals surface area contributed by atoms with Crippen molar-refractivity contribution < 1.29 is 4.79 Å². The van der Waals surface area contributed by atoms with Crippen LogP contribution in [0.4, 0.5) is 5.82 Å². The largest absolute Gasteiger partial charge is 0.314 e. The molecule has 1 aliphatic heterocycles. The predicted octanol–water partition coefficient (Wildman–Crippen LogP) is 0.525. The summed E-state index contributed by atoms with van der Waals surface area (Å²) in [6.07, 6.45) is 2.72. The molecule has 1 aliphatic rings. The van der Waals surface area contributed by atoms with Crippen molar-refractivity contribution in [3.63, 3.8) is 0 Å². The highest BCUT2D eigenvalue weighted by molar-refractivity contribution is 5.91. The van der Waals surface area contributed by atoms with Gasteiger partial charge in [0, 0.05) is 38.3 Å². The first-order chi connectivity index (χ1) is 9.20. The molecule has 0 bridgehead atoms. The normalized spacial score (nSPS) is 20.4. The first-order valence-electron chi connectivity index (χ1n) is 6.97. The predicted molar refractivity (Wildman–Crippen MR) is 75.1 cm³/mol. The van der Waals surface area contributed by atoms with Crippen molar-refractivity contribution in [1.29, 1.82) is 0 Å². The number of carbonyl (C=O) groups is 1. The number of piperazine rings is 1. The van der Waals surface area contributed by atoms with E-state index in [1.165, 1.54) is 0 Å². The van der Waals surface area contributed by atoms with Gasteiger partial charge in [-0.25, -0.2) is 4.68 Å². The molecule has 0 spiro atoms. The minimum absolute atomic E-state index is 0.0339. The van der Waals surface area contributed by atoms with Crippen LogP contribution in [0.3, 0.4) is 0 Å². The van der Waals surface area contributed by atoms with E-state index in [4.69, 9.17) is 0 Å². The average Bonchev–Trinajstić information content (AvgIpc) is 2.80. The zero-order valence-corrected chi connectivity index (χ0v) is 11.7. The van der Waals surface area contributed by atoms with Crippen LogP contribution >= 0.6 is 0 Å². The number of hydrogen-bond donors (Lipinski definition) is 2. The molecule has 0 radical (unpaired) electrons. The number of aryl methyl sites for hydroxylation is 1. The van der Waals surface area contributed by atoms with Gasteiger partial charge in [0.2, 0.25) is 5.91 Å². The van der Waals surface area contributed by atoms with Crippen LogP contribution < -0.4 is 10.6 Å². The number of aromatic nitrogens is 2. The third kappa shape index (κ3) is 3.78. The summed E-state index contributed by atoms with van der Waals surface area (Å²) in [7, 11) is 0. The van der Waals surface area contributed by atoms with E-state index in [1.54, 1.807) is 6.20 Å². The summed E-state index contributed by atoms with van der Waals surface area (Å²) in [4.78, 5) is 14.3. The summed E-state index contributed by atoms with van der Waals surface area (Å²) in [5.74, 6) is 0.821. The molecule has 1 amide bonds. The summed E-state index contributed by atoms with van der Waals surface area (Å²) in [6, 6.07) is 2.24. The number of rotatable bonds is 5. The first kappa shape index (κ1) is 14.0. The summed E-state index contributed by atoms with van der Waals surface area (Å²) in [5.41, 5.74) is 0. The first-order valence-corrected chi connectivity index (χ1v) is 6.97. The van der Waals surface area contributed by atoms with Crippen molar-refractivity contribution in [1.82, 2.24) is 20.0 Å². The number of amides is 1. The molecule has 0 aromatic carbocycles. The molecule has 0 aliphatic carbocycles. The third-order valence-electron chi connectivity index (χ3n) is 3.41. The van der Waals surface area contributed by atoms with E-state index in [-0.39, 0.29) is 5.91 Å².